The molecule has 3 aromatic rings. The number of carbonyl (C=O) groups excluding carboxylic acids is 1. The van der Waals surface area contributed by atoms with Gasteiger partial charge in [0.1, 0.15) is 23.5 Å². The molecule has 1 amide bonds. The first-order valence-electron chi connectivity index (χ1n) is 8.04. The Labute approximate surface area is 148 Å². The van der Waals surface area contributed by atoms with E-state index in [0.717, 1.165) is 5.56 Å². The topological polar surface area (TPSA) is 72.7 Å². The van der Waals surface area contributed by atoms with Crippen molar-refractivity contribution in [3.05, 3.63) is 77.1 Å². The Morgan fingerprint density at radius 2 is 1.88 bits per heavy atom. The van der Waals surface area contributed by atoms with Gasteiger partial charge in [-0.2, -0.15) is 0 Å². The summed E-state index contributed by atoms with van der Waals surface area (Å²) in [4.78, 5) is 12.7. The van der Waals surface area contributed by atoms with Gasteiger partial charge >= 0.3 is 0 Å². The highest BCUT2D eigenvalue weighted by Crippen LogP contribution is 2.16. The van der Waals surface area contributed by atoms with Gasteiger partial charge in [-0.15, -0.1) is 5.10 Å². The van der Waals surface area contributed by atoms with E-state index in [1.165, 1.54) is 28.9 Å². The van der Waals surface area contributed by atoms with Crippen LogP contribution in [0.4, 0.5) is 8.78 Å². The van der Waals surface area contributed by atoms with E-state index in [4.69, 9.17) is 0 Å². The fourth-order valence-corrected chi connectivity index (χ4v) is 2.61. The van der Waals surface area contributed by atoms with E-state index in [1.807, 2.05) is 0 Å². The molecule has 1 unspecified atom stereocenters. The molecule has 26 heavy (non-hydrogen) atoms. The maximum Gasteiger partial charge on any atom is 0.245 e. The molecule has 3 rings (SSSR count). The summed E-state index contributed by atoms with van der Waals surface area (Å²) >= 11 is 0. The molecule has 0 saturated heterocycles. The van der Waals surface area contributed by atoms with Crippen LogP contribution < -0.4 is 5.32 Å². The molecular weight excluding hydrogens is 340 g/mol. The number of carbonyl (C=O) groups is 1. The van der Waals surface area contributed by atoms with Crippen molar-refractivity contribution in [1.29, 1.82) is 0 Å². The third-order valence-corrected chi connectivity index (χ3v) is 3.95. The van der Waals surface area contributed by atoms with E-state index < -0.39 is 6.04 Å². The summed E-state index contributed by atoms with van der Waals surface area (Å²) in [6.07, 6.45) is 0.293. The zero-order chi connectivity index (χ0) is 18.5. The number of rotatable bonds is 6. The van der Waals surface area contributed by atoms with Crippen molar-refractivity contribution in [3.63, 3.8) is 0 Å². The quantitative estimate of drug-likeness (QED) is 0.735. The third kappa shape index (κ3) is 4.27. The Morgan fingerprint density at radius 3 is 2.54 bits per heavy atom. The van der Waals surface area contributed by atoms with Gasteiger partial charge in [0, 0.05) is 13.0 Å². The second-order valence-electron chi connectivity index (χ2n) is 5.86. The highest BCUT2D eigenvalue weighted by molar-refractivity contribution is 5.80. The summed E-state index contributed by atoms with van der Waals surface area (Å²) in [6, 6.07) is 11.2. The second kappa shape index (κ2) is 7.81. The number of aromatic nitrogens is 4. The molecule has 0 aliphatic carbocycles. The van der Waals surface area contributed by atoms with Crippen molar-refractivity contribution in [2.24, 2.45) is 0 Å². The minimum Gasteiger partial charge on any atom is -0.350 e. The minimum absolute atomic E-state index is 0.178. The molecule has 0 aliphatic rings. The highest BCUT2D eigenvalue weighted by atomic mass is 19.1. The largest absolute Gasteiger partial charge is 0.350 e. The minimum atomic E-state index is -0.705. The van der Waals surface area contributed by atoms with Crippen LogP contribution >= 0.6 is 0 Å². The Hall–Kier alpha value is -3.16. The molecule has 1 heterocycles. The molecule has 0 saturated carbocycles. The predicted octanol–water partition coefficient (Wildman–Crippen LogP) is 2.36. The zero-order valence-electron chi connectivity index (χ0n) is 14.1. The first kappa shape index (κ1) is 17.7. The Bertz CT molecular complexity index is 895. The van der Waals surface area contributed by atoms with Gasteiger partial charge in [0.25, 0.3) is 0 Å². The lowest BCUT2D eigenvalue weighted by Crippen LogP contribution is -2.34. The molecule has 134 valence electrons. The van der Waals surface area contributed by atoms with Crippen molar-refractivity contribution in [2.75, 3.05) is 0 Å². The standard InChI is InChI=1S/C18H17F2N5O/c1-12-22-23-24-25(12)17(10-13-5-7-15(19)8-6-13)18(26)21-11-14-3-2-4-16(20)9-14/h2-9,17H,10-11H2,1H3,(H,21,26). The summed E-state index contributed by atoms with van der Waals surface area (Å²) < 4.78 is 27.8. The van der Waals surface area contributed by atoms with Gasteiger partial charge in [0.2, 0.25) is 5.91 Å². The Kier molecular flexibility index (Phi) is 5.31. The number of tetrazole rings is 1. The van der Waals surface area contributed by atoms with Crippen molar-refractivity contribution < 1.29 is 13.6 Å². The lowest BCUT2D eigenvalue weighted by atomic mass is 10.0. The van der Waals surface area contributed by atoms with Gasteiger partial charge in [0.05, 0.1) is 0 Å². The maximum atomic E-state index is 13.3. The molecule has 0 radical (unpaired) electrons. The number of nitrogens with zero attached hydrogens (tertiary/aromatic N) is 4. The number of hydrogen-bond acceptors (Lipinski definition) is 4. The molecule has 2 aromatic carbocycles. The van der Waals surface area contributed by atoms with E-state index >= 15 is 0 Å². The maximum absolute atomic E-state index is 13.3. The van der Waals surface area contributed by atoms with Gasteiger partial charge < -0.3 is 5.32 Å². The van der Waals surface area contributed by atoms with Crippen LogP contribution in [0.2, 0.25) is 0 Å². The number of hydrogen-bond donors (Lipinski definition) is 1. The van der Waals surface area contributed by atoms with Crippen molar-refractivity contribution in [1.82, 2.24) is 25.5 Å². The molecule has 1 aromatic heterocycles. The average molecular weight is 357 g/mol. The molecule has 0 aliphatic heterocycles. The van der Waals surface area contributed by atoms with E-state index in [2.05, 4.69) is 20.8 Å². The molecule has 1 N–H and O–H groups in total. The molecule has 6 nitrogen and oxygen atoms in total. The van der Waals surface area contributed by atoms with Crippen LogP contribution in [0.25, 0.3) is 0 Å². The SMILES string of the molecule is Cc1nnnn1C(Cc1ccc(F)cc1)C(=O)NCc1cccc(F)c1. The molecule has 1 atom stereocenters. The summed E-state index contributed by atoms with van der Waals surface area (Å²) in [5, 5.41) is 14.1. The van der Waals surface area contributed by atoms with Crippen LogP contribution in [0.1, 0.15) is 23.0 Å². The molecule has 8 heteroatoms. The number of aryl methyl sites for hydroxylation is 1. The number of amides is 1. The fraction of sp³-hybridized carbons (Fsp3) is 0.222. The summed E-state index contributed by atoms with van der Waals surface area (Å²) in [5.41, 5.74) is 1.42. The summed E-state index contributed by atoms with van der Waals surface area (Å²) in [5.74, 6) is -0.539. The van der Waals surface area contributed by atoms with Gasteiger partial charge in [-0.25, -0.2) is 13.5 Å². The Morgan fingerprint density at radius 1 is 1.12 bits per heavy atom. The normalized spacial score (nSPS) is 12.0. The van der Waals surface area contributed by atoms with Crippen LogP contribution in [-0.2, 0) is 17.8 Å². The molecule has 0 bridgehead atoms. The number of halogens is 2. The van der Waals surface area contributed by atoms with Crippen LogP contribution in [0.5, 0.6) is 0 Å². The number of benzene rings is 2. The zero-order valence-corrected chi connectivity index (χ0v) is 14.1. The predicted molar refractivity (Wildman–Crippen MR) is 89.9 cm³/mol. The van der Waals surface area contributed by atoms with Crippen LogP contribution in [0, 0.1) is 18.6 Å². The lowest BCUT2D eigenvalue weighted by molar-refractivity contribution is -0.124. The molecule has 0 spiro atoms. The van der Waals surface area contributed by atoms with Crippen LogP contribution in [0.3, 0.4) is 0 Å². The highest BCUT2D eigenvalue weighted by Gasteiger charge is 2.24. The first-order chi connectivity index (χ1) is 12.5. The smallest absolute Gasteiger partial charge is 0.245 e. The van der Waals surface area contributed by atoms with E-state index in [-0.39, 0.29) is 24.1 Å². The molecule has 0 fully saturated rings. The van der Waals surface area contributed by atoms with Crippen molar-refractivity contribution in [2.45, 2.75) is 25.9 Å². The number of nitrogens with one attached hydrogen (secondary N) is 1. The van der Waals surface area contributed by atoms with Gasteiger partial charge in [-0.1, -0.05) is 24.3 Å². The van der Waals surface area contributed by atoms with E-state index in [1.54, 1.807) is 31.2 Å². The summed E-state index contributed by atoms with van der Waals surface area (Å²) in [6.45, 7) is 1.87. The van der Waals surface area contributed by atoms with E-state index in [9.17, 15) is 13.6 Å². The fourth-order valence-electron chi connectivity index (χ4n) is 2.61. The van der Waals surface area contributed by atoms with E-state index in [0.29, 0.717) is 17.8 Å². The van der Waals surface area contributed by atoms with Crippen molar-refractivity contribution >= 4 is 5.91 Å². The third-order valence-electron chi connectivity index (χ3n) is 3.95. The van der Waals surface area contributed by atoms with Crippen molar-refractivity contribution in [3.8, 4) is 0 Å². The van der Waals surface area contributed by atoms with Gasteiger partial charge in [-0.05, 0) is 52.7 Å². The molecular formula is C18H17F2N5O. The van der Waals surface area contributed by atoms with Crippen LogP contribution in [-0.4, -0.2) is 26.1 Å². The lowest BCUT2D eigenvalue weighted by Gasteiger charge is -2.17. The monoisotopic (exact) mass is 357 g/mol. The summed E-state index contributed by atoms with van der Waals surface area (Å²) in [7, 11) is 0. The van der Waals surface area contributed by atoms with Gasteiger partial charge in [-0.3, -0.25) is 4.79 Å². The van der Waals surface area contributed by atoms with Crippen LogP contribution in [0.15, 0.2) is 48.5 Å². The Balaban J connectivity index is 1.77. The first-order valence-corrected chi connectivity index (χ1v) is 8.04. The average Bonchev–Trinajstić information content (AvgIpc) is 3.05. The second-order valence-corrected chi connectivity index (χ2v) is 5.86. The van der Waals surface area contributed by atoms with Gasteiger partial charge in [0.15, 0.2) is 0 Å².